The average Bonchev–Trinajstić information content (AvgIpc) is 2.77. The summed E-state index contributed by atoms with van der Waals surface area (Å²) in [6.45, 7) is 0.472. The first kappa shape index (κ1) is 23.1. The van der Waals surface area contributed by atoms with Crippen LogP contribution in [-0.2, 0) is 21.2 Å². The number of para-hydroxylation sites is 1. The summed E-state index contributed by atoms with van der Waals surface area (Å²) < 4.78 is 52.1. The Bertz CT molecular complexity index is 1170. The monoisotopic (exact) mass is 459 g/mol. The Labute approximate surface area is 185 Å². The summed E-state index contributed by atoms with van der Waals surface area (Å²) in [7, 11) is -4.05. The molecule has 0 radical (unpaired) electrons. The number of carboxylic acid groups (broad SMARTS) is 1. The summed E-state index contributed by atoms with van der Waals surface area (Å²) >= 11 is 0. The normalized spacial score (nSPS) is 11.0. The van der Waals surface area contributed by atoms with E-state index in [4.69, 9.17) is 14.6 Å². The highest BCUT2D eigenvalue weighted by Gasteiger charge is 2.18. The molecule has 2 N–H and O–H groups in total. The smallest absolute Gasteiger partial charge is 0.303 e. The molecule has 32 heavy (non-hydrogen) atoms. The Morgan fingerprint density at radius 1 is 0.906 bits per heavy atom. The van der Waals surface area contributed by atoms with Crippen molar-refractivity contribution in [2.45, 2.75) is 17.7 Å². The molecule has 0 spiro atoms. The molecular formula is C23H22FNO6S. The Hall–Kier alpha value is -3.59. The molecule has 3 aromatic carbocycles. The first-order valence-electron chi connectivity index (χ1n) is 9.78. The lowest BCUT2D eigenvalue weighted by Crippen LogP contribution is -2.14. The fourth-order valence-corrected chi connectivity index (χ4v) is 4.03. The molecule has 0 bridgehead atoms. The van der Waals surface area contributed by atoms with Crippen molar-refractivity contribution >= 4 is 21.7 Å². The third-order valence-corrected chi connectivity index (χ3v) is 5.84. The number of carboxylic acids is 1. The topological polar surface area (TPSA) is 102 Å². The highest BCUT2D eigenvalue weighted by Crippen LogP contribution is 2.22. The van der Waals surface area contributed by atoms with E-state index in [9.17, 15) is 17.6 Å². The minimum Gasteiger partial charge on any atom is -0.490 e. The number of hydrogen-bond donors (Lipinski definition) is 2. The third-order valence-electron chi connectivity index (χ3n) is 4.42. The van der Waals surface area contributed by atoms with E-state index in [0.717, 1.165) is 11.6 Å². The minimum atomic E-state index is -4.05. The molecule has 0 aliphatic heterocycles. The third kappa shape index (κ3) is 6.45. The fraction of sp³-hybridized carbons (Fsp3) is 0.174. The second-order valence-electron chi connectivity index (χ2n) is 6.76. The molecule has 0 fully saturated rings. The molecule has 0 aliphatic rings. The molecular weight excluding hydrogens is 437 g/mol. The van der Waals surface area contributed by atoms with E-state index in [1.165, 1.54) is 30.3 Å². The molecule has 0 atom stereocenters. The van der Waals surface area contributed by atoms with Gasteiger partial charge in [-0.1, -0.05) is 30.3 Å². The molecule has 0 unspecified atom stereocenters. The van der Waals surface area contributed by atoms with Crippen LogP contribution in [0.4, 0.5) is 10.1 Å². The van der Waals surface area contributed by atoms with Crippen molar-refractivity contribution < 1.29 is 32.2 Å². The lowest BCUT2D eigenvalue weighted by atomic mass is 10.1. The molecule has 0 aromatic heterocycles. The molecule has 0 amide bonds. The van der Waals surface area contributed by atoms with Crippen LogP contribution in [0.1, 0.15) is 12.0 Å². The van der Waals surface area contributed by atoms with Gasteiger partial charge in [-0.25, -0.2) is 12.8 Å². The van der Waals surface area contributed by atoms with Crippen LogP contribution in [0.25, 0.3) is 0 Å². The Balaban J connectivity index is 1.51. The van der Waals surface area contributed by atoms with Crippen LogP contribution in [0.15, 0.2) is 77.7 Å². The van der Waals surface area contributed by atoms with Gasteiger partial charge in [-0.05, 0) is 54.4 Å². The van der Waals surface area contributed by atoms with Crippen molar-refractivity contribution in [2.24, 2.45) is 0 Å². The zero-order valence-electron chi connectivity index (χ0n) is 17.0. The number of halogens is 1. The van der Waals surface area contributed by atoms with Gasteiger partial charge in [-0.2, -0.15) is 0 Å². The van der Waals surface area contributed by atoms with E-state index in [-0.39, 0.29) is 25.3 Å². The van der Waals surface area contributed by atoms with Gasteiger partial charge < -0.3 is 14.6 Å². The zero-order valence-corrected chi connectivity index (χ0v) is 17.8. The zero-order chi connectivity index (χ0) is 23.0. The molecule has 7 nitrogen and oxygen atoms in total. The predicted octanol–water partition coefficient (Wildman–Crippen LogP) is 4.10. The van der Waals surface area contributed by atoms with E-state index < -0.39 is 26.7 Å². The largest absolute Gasteiger partial charge is 0.490 e. The number of rotatable bonds is 11. The van der Waals surface area contributed by atoms with E-state index in [2.05, 4.69) is 4.72 Å². The molecule has 0 heterocycles. The van der Waals surface area contributed by atoms with Gasteiger partial charge >= 0.3 is 5.97 Å². The number of aliphatic carboxylic acids is 1. The van der Waals surface area contributed by atoms with Crippen molar-refractivity contribution in [2.75, 3.05) is 17.9 Å². The van der Waals surface area contributed by atoms with Gasteiger partial charge in [-0.15, -0.1) is 0 Å². The summed E-state index contributed by atoms with van der Waals surface area (Å²) in [5, 5.41) is 8.84. The second-order valence-corrected chi connectivity index (χ2v) is 8.41. The number of anilines is 1. The van der Waals surface area contributed by atoms with E-state index in [0.29, 0.717) is 17.9 Å². The average molecular weight is 459 g/mol. The van der Waals surface area contributed by atoms with Gasteiger partial charge in [0.25, 0.3) is 10.0 Å². The second kappa shape index (κ2) is 10.6. The molecule has 9 heteroatoms. The molecule has 168 valence electrons. The van der Waals surface area contributed by atoms with Crippen LogP contribution < -0.4 is 14.2 Å². The van der Waals surface area contributed by atoms with E-state index in [1.54, 1.807) is 18.2 Å². The molecule has 3 rings (SSSR count). The van der Waals surface area contributed by atoms with Crippen LogP contribution in [0.2, 0.25) is 0 Å². The number of nitrogens with one attached hydrogen (secondary N) is 1. The first-order valence-corrected chi connectivity index (χ1v) is 11.3. The molecule has 3 aromatic rings. The van der Waals surface area contributed by atoms with Gasteiger partial charge in [0.1, 0.15) is 35.4 Å². The van der Waals surface area contributed by atoms with Gasteiger partial charge in [-0.3, -0.25) is 9.52 Å². The van der Waals surface area contributed by atoms with Crippen LogP contribution in [0.5, 0.6) is 11.5 Å². The van der Waals surface area contributed by atoms with Crippen molar-refractivity contribution in [3.05, 3.63) is 84.2 Å². The summed E-state index contributed by atoms with van der Waals surface area (Å²) in [6, 6.07) is 18.5. The minimum absolute atomic E-state index is 0.0177. The number of aryl methyl sites for hydroxylation is 1. The predicted molar refractivity (Wildman–Crippen MR) is 117 cm³/mol. The maximum absolute atomic E-state index is 13.8. The Morgan fingerprint density at radius 3 is 2.28 bits per heavy atom. The number of ether oxygens (including phenoxy) is 2. The SMILES string of the molecule is O=C(O)CCc1ccccc1OCCOc1ccc(NS(=O)(=O)c2ccccc2F)cc1. The van der Waals surface area contributed by atoms with Gasteiger partial charge in [0.2, 0.25) is 0 Å². The van der Waals surface area contributed by atoms with Crippen molar-refractivity contribution in [3.63, 3.8) is 0 Å². The van der Waals surface area contributed by atoms with E-state index in [1.807, 2.05) is 18.2 Å². The van der Waals surface area contributed by atoms with Crippen LogP contribution in [0, 0.1) is 5.82 Å². The van der Waals surface area contributed by atoms with Gasteiger partial charge in [0, 0.05) is 12.1 Å². The maximum Gasteiger partial charge on any atom is 0.303 e. The number of sulfonamides is 1. The summed E-state index contributed by atoms with van der Waals surface area (Å²) in [5.41, 5.74) is 1.07. The fourth-order valence-electron chi connectivity index (χ4n) is 2.90. The number of carbonyl (C=O) groups is 1. The molecule has 0 saturated heterocycles. The van der Waals surface area contributed by atoms with Crippen LogP contribution in [-0.4, -0.2) is 32.7 Å². The Morgan fingerprint density at radius 2 is 1.56 bits per heavy atom. The molecule has 0 saturated carbocycles. The standard InChI is InChI=1S/C23H22FNO6S/c24-20-6-2-4-8-22(20)32(28,29)25-18-10-12-19(13-11-18)30-15-16-31-21-7-3-1-5-17(21)9-14-23(26)27/h1-8,10-13,25H,9,14-16H2,(H,26,27). The van der Waals surface area contributed by atoms with Crippen LogP contribution >= 0.6 is 0 Å². The first-order chi connectivity index (χ1) is 15.3. The quantitative estimate of drug-likeness (QED) is 0.419. The maximum atomic E-state index is 13.8. The Kier molecular flexibility index (Phi) is 7.67. The lowest BCUT2D eigenvalue weighted by molar-refractivity contribution is -0.136. The molecule has 0 aliphatic carbocycles. The van der Waals surface area contributed by atoms with Crippen molar-refractivity contribution in [1.82, 2.24) is 0 Å². The van der Waals surface area contributed by atoms with Crippen molar-refractivity contribution in [1.29, 1.82) is 0 Å². The summed E-state index contributed by atoms with van der Waals surface area (Å²) in [4.78, 5) is 10.3. The summed E-state index contributed by atoms with van der Waals surface area (Å²) in [5.74, 6) is -0.593. The highest BCUT2D eigenvalue weighted by molar-refractivity contribution is 7.92. The van der Waals surface area contributed by atoms with Gasteiger partial charge in [0.05, 0.1) is 0 Å². The van der Waals surface area contributed by atoms with Crippen molar-refractivity contribution in [3.8, 4) is 11.5 Å². The summed E-state index contributed by atoms with van der Waals surface area (Å²) in [6.07, 6.45) is 0.389. The van der Waals surface area contributed by atoms with Crippen LogP contribution in [0.3, 0.4) is 0 Å². The van der Waals surface area contributed by atoms with E-state index >= 15 is 0 Å². The number of benzene rings is 3. The highest BCUT2D eigenvalue weighted by atomic mass is 32.2. The lowest BCUT2D eigenvalue weighted by Gasteiger charge is -2.12. The number of hydrogen-bond acceptors (Lipinski definition) is 5. The van der Waals surface area contributed by atoms with Gasteiger partial charge in [0.15, 0.2) is 0 Å².